The molecule has 1 aliphatic carbocycles. The van der Waals surface area contributed by atoms with E-state index in [1.165, 1.54) is 155 Å². The van der Waals surface area contributed by atoms with E-state index in [1.54, 1.807) is 42.9 Å². The van der Waals surface area contributed by atoms with Crippen molar-refractivity contribution in [3.05, 3.63) is 445 Å². The summed E-state index contributed by atoms with van der Waals surface area (Å²) in [6.07, 6.45) is 14.8. The van der Waals surface area contributed by atoms with Crippen molar-refractivity contribution in [1.29, 1.82) is 5.26 Å². The fourth-order valence-corrected chi connectivity index (χ4v) is 14.2. The smallest absolute Gasteiger partial charge is 0.155 e. The molecule has 18 rings (SSSR count). The number of nitrogens with zero attached hydrogens (tertiary/aromatic N) is 7. The number of hydrogen-bond acceptors (Lipinski definition) is 16. The molecule has 0 bridgehead atoms. The number of fused-ring (bicyclic) bond motifs is 8. The van der Waals surface area contributed by atoms with Crippen LogP contribution in [0.15, 0.2) is 375 Å². The largest absolute Gasteiger partial charge is 0.512 e. The average molecular weight is 2760 g/mol. The van der Waals surface area contributed by atoms with Gasteiger partial charge in [-0.1, -0.05) is 218 Å². The third kappa shape index (κ3) is 36.8. The molecule has 0 atom stereocenters. The van der Waals surface area contributed by atoms with Crippen molar-refractivity contribution in [2.45, 2.75) is 88.5 Å². The Morgan fingerprint density at radius 3 is 1.01 bits per heavy atom. The Hall–Kier alpha value is -14.2. The predicted molar refractivity (Wildman–Crippen MR) is 539 cm³/mol. The molecule has 0 aliphatic heterocycles. The maximum Gasteiger partial charge on any atom is 0.155 e. The molecule has 12 aromatic carbocycles. The van der Waals surface area contributed by atoms with Crippen LogP contribution in [0.2, 0.25) is 0 Å². The second-order valence-corrected chi connectivity index (χ2v) is 31.3. The maximum atomic E-state index is 13.2. The minimum absolute atomic E-state index is 0. The molecule has 17 aromatic rings. The number of hydrogen-bond donors (Lipinski definition) is 5. The number of halogens is 2. The quantitative estimate of drug-likeness (QED) is 0.0457. The molecule has 0 fully saturated rings. The zero-order valence-corrected chi connectivity index (χ0v) is 90.7. The van der Waals surface area contributed by atoms with E-state index >= 15 is 0 Å². The summed E-state index contributed by atoms with van der Waals surface area (Å²) in [5, 5.41) is 61.6. The van der Waals surface area contributed by atoms with Crippen molar-refractivity contribution >= 4 is 88.5 Å². The number of aromatic nitrogens is 5. The second-order valence-electron chi connectivity index (χ2n) is 31.3. The van der Waals surface area contributed by atoms with Gasteiger partial charge in [-0.25, -0.2) is 14.0 Å². The van der Waals surface area contributed by atoms with Crippen LogP contribution < -0.4 is 0 Å². The molecular formula is C117H98F2Ir5N7O10-5. The Kier molecular flexibility index (Phi) is 50.7. The summed E-state index contributed by atoms with van der Waals surface area (Å²) < 4.78 is 26.4. The van der Waals surface area contributed by atoms with Crippen LogP contribution in [-0.2, 0) is 130 Å². The molecule has 5 radical (unpaired) electrons. The minimum atomic E-state index is -0.722. The van der Waals surface area contributed by atoms with Crippen LogP contribution in [0, 0.1) is 59.9 Å². The number of rotatable bonds is 11. The van der Waals surface area contributed by atoms with E-state index in [0.29, 0.717) is 22.5 Å². The summed E-state index contributed by atoms with van der Waals surface area (Å²) in [4.78, 5) is 75.8. The van der Waals surface area contributed by atoms with E-state index in [9.17, 15) is 32.8 Å². The van der Waals surface area contributed by atoms with Crippen LogP contribution in [0.4, 0.5) is 14.5 Å². The van der Waals surface area contributed by atoms with Crippen LogP contribution >= 0.6 is 0 Å². The van der Waals surface area contributed by atoms with Crippen molar-refractivity contribution in [3.63, 3.8) is 0 Å². The number of carbonyl (C=O) groups excluding carboxylic acids is 5. The fourth-order valence-electron chi connectivity index (χ4n) is 14.2. The molecule has 17 nitrogen and oxygen atoms in total. The van der Waals surface area contributed by atoms with Gasteiger partial charge in [0.2, 0.25) is 0 Å². The third-order valence-corrected chi connectivity index (χ3v) is 19.8. The van der Waals surface area contributed by atoms with E-state index in [2.05, 4.69) is 207 Å². The van der Waals surface area contributed by atoms with Gasteiger partial charge in [0.15, 0.2) is 28.9 Å². The Balaban J connectivity index is 0.000000337. The number of nitriles is 1. The SMILES string of the molecule is CC(=O)C=C(C)O.CC(=O)C=C(C)O.CC(=O)C=C(C)O.CC(=O)C=C(C)O.CC(=O)C=C(C)O.CC1(C)c2ccccc2-c2c[c-]c(-c3nccc4ccccc34)cc21.Fc1[c-]c(-c2nccc3ccccc23)cc(F)c1.N#Cc1c[c-]c(-c2nccc3ccccc23)cc1.[C-]#[N+]c1cc[c-]c(-c2nccc3ccccc23)c1.[Ir].[Ir].[Ir].[Ir].[Ir].[c-]1cc(-c2ccccc2)ccc1-c1nccc2ccccc12. The summed E-state index contributed by atoms with van der Waals surface area (Å²) in [6.45, 7) is 25.9. The topological polar surface area (TPSA) is 279 Å². The molecule has 5 aromatic heterocycles. The first-order valence-electron chi connectivity index (χ1n) is 42.7. The molecule has 0 spiro atoms. The van der Waals surface area contributed by atoms with Crippen molar-refractivity contribution in [2.75, 3.05) is 0 Å². The van der Waals surface area contributed by atoms with Crippen molar-refractivity contribution in [1.82, 2.24) is 24.9 Å². The molecule has 0 saturated carbocycles. The molecular weight excluding hydrogens is 2660 g/mol. The zero-order chi connectivity index (χ0) is 98.4. The maximum absolute atomic E-state index is 13.2. The summed E-state index contributed by atoms with van der Waals surface area (Å²) >= 11 is 0. The molecule has 725 valence electrons. The van der Waals surface area contributed by atoms with Crippen LogP contribution in [0.3, 0.4) is 0 Å². The number of benzene rings is 12. The van der Waals surface area contributed by atoms with Crippen molar-refractivity contribution in [3.8, 4) is 84.6 Å². The summed E-state index contributed by atoms with van der Waals surface area (Å²) in [7, 11) is 0. The number of ketones is 5. The number of aliphatic hydroxyl groups is 5. The van der Waals surface area contributed by atoms with Crippen LogP contribution in [0.1, 0.15) is 99.8 Å². The van der Waals surface area contributed by atoms with E-state index in [1.807, 2.05) is 134 Å². The first-order valence-corrected chi connectivity index (χ1v) is 42.7. The summed E-state index contributed by atoms with van der Waals surface area (Å²) in [6, 6.07) is 111. The van der Waals surface area contributed by atoms with Gasteiger partial charge >= 0.3 is 0 Å². The zero-order valence-electron chi connectivity index (χ0n) is 78.7. The van der Waals surface area contributed by atoms with Crippen molar-refractivity contribution < 1.29 is 159 Å². The first kappa shape index (κ1) is 119. The Bertz CT molecular complexity index is 7160. The first-order chi connectivity index (χ1) is 65.2. The van der Waals surface area contributed by atoms with Gasteiger partial charge < -0.3 is 50.5 Å². The van der Waals surface area contributed by atoms with Gasteiger partial charge in [0.25, 0.3) is 0 Å². The number of aliphatic hydroxyl groups excluding tert-OH is 5. The average Bonchev–Trinajstić information content (AvgIpc) is 1.58. The normalized spacial score (nSPS) is 11.0. The molecule has 5 N–H and O–H groups in total. The summed E-state index contributed by atoms with van der Waals surface area (Å²) in [5.74, 6) is -1.66. The van der Waals surface area contributed by atoms with Gasteiger partial charge in [-0.05, 0) is 198 Å². The monoisotopic (exact) mass is 2760 g/mol. The van der Waals surface area contributed by atoms with E-state index in [-0.39, 0.29) is 164 Å². The minimum Gasteiger partial charge on any atom is -0.512 e. The number of allylic oxidation sites excluding steroid dienone is 10. The van der Waals surface area contributed by atoms with Gasteiger partial charge in [-0.15, -0.1) is 130 Å². The van der Waals surface area contributed by atoms with E-state index < -0.39 is 11.6 Å². The van der Waals surface area contributed by atoms with E-state index in [0.717, 1.165) is 88.8 Å². The Labute approximate surface area is 888 Å². The molecule has 0 unspecified atom stereocenters. The third-order valence-electron chi connectivity index (χ3n) is 19.8. The summed E-state index contributed by atoms with van der Waals surface area (Å²) in [5.41, 5.74) is 17.5. The van der Waals surface area contributed by atoms with Gasteiger partial charge in [0, 0.05) is 180 Å². The fraction of sp³-hybridized carbons (Fsp3) is 0.111. The molecule has 0 amide bonds. The molecule has 141 heavy (non-hydrogen) atoms. The Morgan fingerprint density at radius 1 is 0.348 bits per heavy atom. The number of pyridine rings is 5. The van der Waals surface area contributed by atoms with Crippen LogP contribution in [-0.4, -0.2) is 79.4 Å². The molecule has 1 aliphatic rings. The number of carbonyl (C=O) groups is 5. The van der Waals surface area contributed by atoms with Gasteiger partial charge in [0.05, 0.1) is 35.4 Å². The molecule has 24 heteroatoms. The van der Waals surface area contributed by atoms with Gasteiger partial charge in [-0.3, -0.25) is 28.8 Å². The van der Waals surface area contributed by atoms with Gasteiger partial charge in [-0.2, -0.15) is 6.07 Å². The Morgan fingerprint density at radius 2 is 0.681 bits per heavy atom. The van der Waals surface area contributed by atoms with Crippen LogP contribution in [0.25, 0.3) is 137 Å². The van der Waals surface area contributed by atoms with E-state index in [4.69, 9.17) is 37.4 Å². The molecule has 5 heterocycles. The van der Waals surface area contributed by atoms with Gasteiger partial charge in [0.1, 0.15) is 5.69 Å². The standard InChI is InChI=1S/C24H18N.C21H14N.2C16H9N2.C15H8F2N.5C5H8O2.5Ir/c1-24(2)21-10-6-5-9-19(21)20-12-11-17(15-22(20)24)23-18-8-4-3-7-16(18)13-14-25-23;1-2-6-16(7-3-1)17-10-12-19(13-11-17)21-20-9-5-4-8-18(20)14-15-22-21;1-17-14-7-4-6-13(11-14)16-15-8-3-2-5-12(15)9-10-18-16;17-11-12-5-7-14(8-6-12)16-15-4-2-1-3-13(15)9-10-18-16;16-12-7-11(8-13(17)9-12)15-14-4-2-1-3-10(14)5-6-18-15;5*1-4(6)3-5(2)7;;;;;/h3-10,12-15H,1-2H3;1-12,14-15H;2-5,7-11H;1-7,9-10H;1-7,9H;5*3,6H,1-2H3;;;;;/q5*-1;;;;;;;;;;. The van der Waals surface area contributed by atoms with Crippen molar-refractivity contribution in [2.24, 2.45) is 0 Å². The van der Waals surface area contributed by atoms with Crippen LogP contribution in [0.5, 0.6) is 0 Å². The second kappa shape index (κ2) is 60.0. The molecule has 0 saturated heterocycles. The predicted octanol–water partition coefficient (Wildman–Crippen LogP) is 28.4.